The number of guanidine groups is 1. The van der Waals surface area contributed by atoms with Gasteiger partial charge < -0.3 is 31.4 Å². The number of ether oxygens (including phenoxy) is 2. The monoisotopic (exact) mass is 694 g/mol. The minimum Gasteiger partial charge on any atom is -0.496 e. The Morgan fingerprint density at radius 3 is 2.02 bits per heavy atom. The molecule has 3 aromatic heterocycles. The molecule has 1 aliphatic rings. The SMILES string of the molecule is COc1ccc(Cl)cc1-c1nn(C)c2c1CN=C(N)N2.COc1ccc(Cl)cc1-c1nn(C)c2nc(N)ncc12.O=C(O)C(F)(F)F. The number of alkyl halides is 3. The summed E-state index contributed by atoms with van der Waals surface area (Å²) >= 11 is 12.1. The number of hydrogen-bond donors (Lipinski definition) is 4. The molecule has 0 spiro atoms. The molecule has 0 radical (unpaired) electrons. The van der Waals surface area contributed by atoms with Crippen LogP contribution in [-0.4, -0.2) is 67.0 Å². The van der Waals surface area contributed by atoms with Crippen LogP contribution in [0.4, 0.5) is 24.9 Å². The van der Waals surface area contributed by atoms with Crippen molar-refractivity contribution in [2.24, 2.45) is 24.8 Å². The largest absolute Gasteiger partial charge is 0.496 e. The third-order valence-electron chi connectivity index (χ3n) is 6.47. The second kappa shape index (κ2) is 14.0. The Kier molecular flexibility index (Phi) is 10.3. The second-order valence-corrected chi connectivity index (χ2v) is 10.4. The minimum atomic E-state index is -5.08. The quantitative estimate of drug-likeness (QED) is 0.200. The Labute approximate surface area is 274 Å². The lowest BCUT2D eigenvalue weighted by atomic mass is 10.1. The number of carboxylic acids is 1. The number of carboxylic acid groups (broad SMARTS) is 1. The maximum Gasteiger partial charge on any atom is 0.490 e. The molecular weight excluding hydrogens is 668 g/mol. The normalized spacial score (nSPS) is 12.1. The average molecular weight is 695 g/mol. The predicted octanol–water partition coefficient (Wildman–Crippen LogP) is 4.90. The van der Waals surface area contributed by atoms with Gasteiger partial charge in [0.15, 0.2) is 11.6 Å². The van der Waals surface area contributed by atoms with Crippen molar-refractivity contribution in [2.75, 3.05) is 25.3 Å². The summed E-state index contributed by atoms with van der Waals surface area (Å²) < 4.78 is 45.9. The van der Waals surface area contributed by atoms with Crippen molar-refractivity contribution in [1.82, 2.24) is 29.5 Å². The van der Waals surface area contributed by atoms with E-state index in [9.17, 15) is 13.2 Å². The van der Waals surface area contributed by atoms with Gasteiger partial charge in [0.05, 0.1) is 26.2 Å². The fraction of sp³-hybridized carbons (Fsp3) is 0.214. The van der Waals surface area contributed by atoms with Gasteiger partial charge in [0.2, 0.25) is 5.95 Å². The van der Waals surface area contributed by atoms with Crippen LogP contribution in [0.25, 0.3) is 33.5 Å². The number of aryl methyl sites for hydroxylation is 2. The fourth-order valence-corrected chi connectivity index (χ4v) is 4.74. The molecule has 0 fully saturated rings. The predicted molar refractivity (Wildman–Crippen MR) is 171 cm³/mol. The highest BCUT2D eigenvalue weighted by molar-refractivity contribution is 6.31. The summed E-state index contributed by atoms with van der Waals surface area (Å²) in [6, 6.07) is 10.8. The summed E-state index contributed by atoms with van der Waals surface area (Å²) in [5.74, 6) is 0.0984. The second-order valence-electron chi connectivity index (χ2n) is 9.56. The van der Waals surface area contributed by atoms with E-state index in [4.69, 9.17) is 54.0 Å². The Bertz CT molecular complexity index is 1980. The Morgan fingerprint density at radius 1 is 0.957 bits per heavy atom. The number of hydrogen-bond acceptors (Lipinski definition) is 11. The Hall–Kier alpha value is -5.29. The number of rotatable bonds is 4. The molecular formula is C28H27Cl2F3N10O4. The standard InChI is InChI=1S/C13H14ClN5O.C13H12ClN5O.C2HF3O2/c2*1-19-12-9(6-16-13(15)17-12)11(18-19)8-5-7(14)3-4-10(8)20-2;3-2(4,5)1(6)7/h3-5H,6H2,1-2H3,(H3,15,16,17);3-6H,1-2H3,(H2,15,16,17);(H,6,7). The smallest absolute Gasteiger partial charge is 0.490 e. The van der Waals surface area contributed by atoms with E-state index in [0.717, 1.165) is 39.3 Å². The van der Waals surface area contributed by atoms with E-state index >= 15 is 0 Å². The van der Waals surface area contributed by atoms with Gasteiger partial charge in [-0.3, -0.25) is 4.68 Å². The summed E-state index contributed by atoms with van der Waals surface area (Å²) in [7, 11) is 6.88. The van der Waals surface area contributed by atoms with Gasteiger partial charge in [-0.1, -0.05) is 23.2 Å². The number of fused-ring (bicyclic) bond motifs is 2. The molecule has 47 heavy (non-hydrogen) atoms. The first-order valence-electron chi connectivity index (χ1n) is 13.2. The number of halogens is 5. The van der Waals surface area contributed by atoms with E-state index in [-0.39, 0.29) is 5.95 Å². The maximum atomic E-state index is 10.6. The third-order valence-corrected chi connectivity index (χ3v) is 6.94. The van der Waals surface area contributed by atoms with Gasteiger partial charge in [0.25, 0.3) is 0 Å². The van der Waals surface area contributed by atoms with Crippen LogP contribution in [0, 0.1) is 0 Å². The molecule has 1 aliphatic heterocycles. The lowest BCUT2D eigenvalue weighted by Gasteiger charge is -2.13. The summed E-state index contributed by atoms with van der Waals surface area (Å²) in [4.78, 5) is 21.3. The van der Waals surface area contributed by atoms with Crippen LogP contribution >= 0.6 is 23.2 Å². The van der Waals surface area contributed by atoms with Gasteiger partial charge in [-0.15, -0.1) is 0 Å². The van der Waals surface area contributed by atoms with Crippen LogP contribution in [0.15, 0.2) is 47.6 Å². The number of methoxy groups -OCH3 is 2. The van der Waals surface area contributed by atoms with Crippen molar-refractivity contribution in [1.29, 1.82) is 0 Å². The average Bonchev–Trinajstić information content (AvgIpc) is 3.52. The molecule has 0 unspecified atom stereocenters. The molecule has 6 rings (SSSR count). The van der Waals surface area contributed by atoms with Crippen LogP contribution in [-0.2, 0) is 25.4 Å². The molecule has 0 amide bonds. The zero-order chi connectivity index (χ0) is 34.6. The zero-order valence-electron chi connectivity index (χ0n) is 25.1. The van der Waals surface area contributed by atoms with Gasteiger partial charge in [-0.05, 0) is 36.4 Å². The molecule has 0 saturated heterocycles. The zero-order valence-corrected chi connectivity index (χ0v) is 26.6. The highest BCUT2D eigenvalue weighted by atomic mass is 35.5. The van der Waals surface area contributed by atoms with Crippen LogP contribution < -0.4 is 26.3 Å². The van der Waals surface area contributed by atoms with E-state index in [1.165, 1.54) is 0 Å². The number of nitrogens with one attached hydrogen (secondary N) is 1. The highest BCUT2D eigenvalue weighted by Gasteiger charge is 2.38. The van der Waals surface area contributed by atoms with Crippen LogP contribution in [0.5, 0.6) is 11.5 Å². The fourth-order valence-electron chi connectivity index (χ4n) is 4.40. The lowest BCUT2D eigenvalue weighted by molar-refractivity contribution is -0.192. The first kappa shape index (κ1) is 34.6. The molecule has 4 heterocycles. The molecule has 0 aliphatic carbocycles. The van der Waals surface area contributed by atoms with Crippen molar-refractivity contribution in [3.05, 3.63) is 58.2 Å². The van der Waals surface area contributed by atoms with Crippen molar-refractivity contribution in [3.8, 4) is 34.0 Å². The van der Waals surface area contributed by atoms with Crippen LogP contribution in [0.3, 0.4) is 0 Å². The van der Waals surface area contributed by atoms with E-state index in [1.54, 1.807) is 61.1 Å². The first-order chi connectivity index (χ1) is 22.1. The molecule has 14 nitrogen and oxygen atoms in total. The third kappa shape index (κ3) is 7.75. The minimum absolute atomic E-state index is 0.213. The van der Waals surface area contributed by atoms with Crippen molar-refractivity contribution >= 4 is 57.9 Å². The summed E-state index contributed by atoms with van der Waals surface area (Å²) in [5, 5.41) is 21.2. The summed E-state index contributed by atoms with van der Waals surface area (Å²) in [6.07, 6.45) is -3.43. The Balaban J connectivity index is 0.000000178. The number of aromatic nitrogens is 6. The van der Waals surface area contributed by atoms with E-state index in [2.05, 4.69) is 30.5 Å². The number of nitrogen functional groups attached to an aromatic ring is 1. The lowest BCUT2D eigenvalue weighted by Crippen LogP contribution is -2.27. The van der Waals surface area contributed by atoms with Crippen molar-refractivity contribution < 1.29 is 32.5 Å². The molecule has 0 atom stereocenters. The number of aliphatic carboxylic acids is 1. The highest BCUT2D eigenvalue weighted by Crippen LogP contribution is 2.38. The molecule has 5 aromatic rings. The van der Waals surface area contributed by atoms with Crippen LogP contribution in [0.2, 0.25) is 10.0 Å². The van der Waals surface area contributed by atoms with Gasteiger partial charge in [-0.2, -0.15) is 28.4 Å². The first-order valence-corrected chi connectivity index (χ1v) is 14.0. The molecule has 248 valence electrons. The molecule has 19 heteroatoms. The van der Waals surface area contributed by atoms with Crippen molar-refractivity contribution in [3.63, 3.8) is 0 Å². The number of benzene rings is 2. The molecule has 2 aromatic carbocycles. The van der Waals surface area contributed by atoms with Gasteiger partial charge in [-0.25, -0.2) is 19.5 Å². The van der Waals surface area contributed by atoms with E-state index in [1.807, 2.05) is 19.2 Å². The van der Waals surface area contributed by atoms with Crippen LogP contribution in [0.1, 0.15) is 5.56 Å². The molecule has 0 bridgehead atoms. The number of aliphatic imine (C=N–C) groups is 1. The molecule has 0 saturated carbocycles. The number of nitrogens with two attached hydrogens (primary N) is 2. The number of carbonyl (C=O) groups is 1. The van der Waals surface area contributed by atoms with E-state index < -0.39 is 12.1 Å². The van der Waals surface area contributed by atoms with Gasteiger partial charge in [0, 0.05) is 47.0 Å². The van der Waals surface area contributed by atoms with Crippen molar-refractivity contribution in [2.45, 2.75) is 12.7 Å². The number of nitrogens with zero attached hydrogens (tertiary/aromatic N) is 7. The van der Waals surface area contributed by atoms with Gasteiger partial charge in [0.1, 0.15) is 28.7 Å². The Morgan fingerprint density at radius 2 is 1.49 bits per heavy atom. The number of anilines is 2. The summed E-state index contributed by atoms with van der Waals surface area (Å²) in [5.41, 5.74) is 16.1. The topological polar surface area (TPSA) is 194 Å². The maximum absolute atomic E-state index is 10.6. The van der Waals surface area contributed by atoms with E-state index in [0.29, 0.717) is 39.6 Å². The molecule has 6 N–H and O–H groups in total. The summed E-state index contributed by atoms with van der Waals surface area (Å²) in [6.45, 7) is 0.479. The van der Waals surface area contributed by atoms with Gasteiger partial charge >= 0.3 is 12.1 Å².